The highest BCUT2D eigenvalue weighted by Gasteiger charge is 2.10. The molecule has 0 aliphatic carbocycles. The lowest BCUT2D eigenvalue weighted by Gasteiger charge is -2.04. The number of azide groups is 2. The topological polar surface area (TPSA) is 135 Å². The fourth-order valence-electron chi connectivity index (χ4n) is 1.88. The van der Waals surface area contributed by atoms with E-state index >= 15 is 0 Å². The molecule has 0 bridgehead atoms. The molecule has 0 saturated heterocycles. The van der Waals surface area contributed by atoms with Gasteiger partial charge in [0, 0.05) is 21.2 Å². The summed E-state index contributed by atoms with van der Waals surface area (Å²) in [5, 5.41) is 16.3. The van der Waals surface area contributed by atoms with Crippen LogP contribution >= 0.6 is 0 Å². The first-order chi connectivity index (χ1) is 11.1. The van der Waals surface area contributed by atoms with Crippen LogP contribution < -0.4 is 0 Å². The van der Waals surface area contributed by atoms with E-state index in [0.717, 1.165) is 0 Å². The minimum atomic E-state index is -1.08. The lowest BCUT2D eigenvalue weighted by Crippen LogP contribution is -1.99. The van der Waals surface area contributed by atoms with E-state index in [0.29, 0.717) is 22.5 Å². The third-order valence-corrected chi connectivity index (χ3v) is 2.93. The molecule has 2 aromatic rings. The van der Waals surface area contributed by atoms with Gasteiger partial charge in [-0.25, -0.2) is 4.79 Å². The quantitative estimate of drug-likeness (QED) is 0.267. The second-order valence-electron chi connectivity index (χ2n) is 4.38. The molecule has 1 N–H and O–H groups in total. The van der Waals surface area contributed by atoms with Gasteiger partial charge in [0.15, 0.2) is 0 Å². The molecular weight excluding hydrogens is 296 g/mol. The van der Waals surface area contributed by atoms with Crippen LogP contribution in [-0.4, -0.2) is 11.1 Å². The van der Waals surface area contributed by atoms with Gasteiger partial charge in [0.1, 0.15) is 0 Å². The van der Waals surface area contributed by atoms with Gasteiger partial charge in [0.2, 0.25) is 0 Å². The molecule has 0 saturated carbocycles. The van der Waals surface area contributed by atoms with E-state index in [1.807, 2.05) is 0 Å². The Morgan fingerprint density at radius 1 is 0.913 bits per heavy atom. The Morgan fingerprint density at radius 2 is 1.39 bits per heavy atom. The van der Waals surface area contributed by atoms with Gasteiger partial charge >= 0.3 is 5.97 Å². The molecule has 23 heavy (non-hydrogen) atoms. The number of hydrogen-bond acceptors (Lipinski definition) is 3. The fraction of sp³-hybridized carbons (Fsp3) is 0. The second-order valence-corrected chi connectivity index (χ2v) is 4.38. The predicted octanol–water partition coefficient (Wildman–Crippen LogP) is 5.20. The Morgan fingerprint density at radius 3 is 1.83 bits per heavy atom. The van der Waals surface area contributed by atoms with Crippen molar-refractivity contribution in [3.63, 3.8) is 0 Å². The molecule has 0 aromatic heterocycles. The van der Waals surface area contributed by atoms with Gasteiger partial charge in [-0.15, -0.1) is 0 Å². The second kappa shape index (κ2) is 7.33. The van der Waals surface area contributed by atoms with Crippen molar-refractivity contribution in [3.05, 3.63) is 80.5 Å². The fourth-order valence-corrected chi connectivity index (χ4v) is 1.88. The smallest absolute Gasteiger partial charge is 0.336 e. The summed E-state index contributed by atoms with van der Waals surface area (Å²) in [4.78, 5) is 16.8. The number of carboxylic acids is 1. The van der Waals surface area contributed by atoms with Crippen LogP contribution in [0.15, 0.2) is 58.8 Å². The summed E-state index contributed by atoms with van der Waals surface area (Å²) in [6.07, 6.45) is 1.50. The first-order valence-electron chi connectivity index (χ1n) is 6.40. The summed E-state index contributed by atoms with van der Waals surface area (Å²) in [7, 11) is 0. The normalized spacial score (nSPS) is 10.3. The summed E-state index contributed by atoms with van der Waals surface area (Å²) < 4.78 is 0. The van der Waals surface area contributed by atoms with Crippen LogP contribution in [0.5, 0.6) is 0 Å². The maximum Gasteiger partial charge on any atom is 0.336 e. The molecule has 0 aliphatic heterocycles. The molecule has 0 aliphatic rings. The van der Waals surface area contributed by atoms with E-state index in [1.54, 1.807) is 36.4 Å². The number of nitrogens with zero attached hydrogens (tertiary/aromatic N) is 6. The molecule has 2 rings (SSSR count). The van der Waals surface area contributed by atoms with E-state index in [-0.39, 0.29) is 5.57 Å². The minimum absolute atomic E-state index is 0.0917. The molecule has 0 radical (unpaired) electrons. The van der Waals surface area contributed by atoms with Gasteiger partial charge < -0.3 is 5.11 Å². The number of rotatable bonds is 5. The summed E-state index contributed by atoms with van der Waals surface area (Å²) in [5.41, 5.74) is 18.8. The van der Waals surface area contributed by atoms with E-state index in [2.05, 4.69) is 20.1 Å². The van der Waals surface area contributed by atoms with Crippen molar-refractivity contribution in [2.45, 2.75) is 0 Å². The number of carbonyl (C=O) groups is 1. The van der Waals surface area contributed by atoms with E-state index in [1.165, 1.54) is 18.2 Å². The van der Waals surface area contributed by atoms with E-state index in [9.17, 15) is 9.90 Å². The summed E-state index contributed by atoms with van der Waals surface area (Å²) in [5.74, 6) is -1.08. The van der Waals surface area contributed by atoms with E-state index in [4.69, 9.17) is 11.1 Å². The average Bonchev–Trinajstić information content (AvgIpc) is 2.55. The minimum Gasteiger partial charge on any atom is -0.478 e. The van der Waals surface area contributed by atoms with Gasteiger partial charge in [-0.1, -0.05) is 58.8 Å². The zero-order valence-corrected chi connectivity index (χ0v) is 11.7. The van der Waals surface area contributed by atoms with Gasteiger partial charge in [-0.3, -0.25) is 0 Å². The van der Waals surface area contributed by atoms with Crippen LogP contribution in [0.3, 0.4) is 0 Å². The third kappa shape index (κ3) is 4.12. The van der Waals surface area contributed by atoms with Gasteiger partial charge in [0.05, 0.1) is 5.57 Å². The van der Waals surface area contributed by atoms with Crippen LogP contribution in [0, 0.1) is 0 Å². The monoisotopic (exact) mass is 306 g/mol. The Kier molecular flexibility index (Phi) is 4.99. The highest BCUT2D eigenvalue weighted by Crippen LogP contribution is 2.23. The van der Waals surface area contributed by atoms with Gasteiger partial charge in [-0.2, -0.15) is 0 Å². The highest BCUT2D eigenvalue weighted by molar-refractivity contribution is 6.20. The summed E-state index contributed by atoms with van der Waals surface area (Å²) in [6.45, 7) is 0. The van der Waals surface area contributed by atoms with Crippen molar-refractivity contribution in [2.24, 2.45) is 10.2 Å². The van der Waals surface area contributed by atoms with Gasteiger partial charge in [0.25, 0.3) is 0 Å². The largest absolute Gasteiger partial charge is 0.478 e. The number of aliphatic carboxylic acids is 1. The van der Waals surface area contributed by atoms with Gasteiger partial charge in [-0.05, 0) is 28.3 Å². The van der Waals surface area contributed by atoms with Crippen LogP contribution in [0.4, 0.5) is 11.4 Å². The average molecular weight is 306 g/mol. The molecular formula is C15H10N6O2. The van der Waals surface area contributed by atoms with Crippen molar-refractivity contribution >= 4 is 29.0 Å². The molecule has 8 nitrogen and oxygen atoms in total. The summed E-state index contributed by atoms with van der Waals surface area (Å²) in [6, 6.07) is 12.7. The molecule has 0 spiro atoms. The Labute approximate surface area is 130 Å². The molecule has 2 aromatic carbocycles. The number of carboxylic acid groups (broad SMARTS) is 1. The lowest BCUT2D eigenvalue weighted by atomic mass is 10.0. The molecule has 0 heterocycles. The first kappa shape index (κ1) is 15.7. The van der Waals surface area contributed by atoms with Crippen molar-refractivity contribution in [3.8, 4) is 0 Å². The molecule has 112 valence electrons. The SMILES string of the molecule is [N-]=[N+]=Nc1ccc(/C=C(\C(=O)O)c2ccc(N=[N+]=[N-])cc2)cc1. The molecule has 0 fully saturated rings. The zero-order chi connectivity index (χ0) is 16.7. The first-order valence-corrected chi connectivity index (χ1v) is 6.40. The Hall–Kier alpha value is -3.73. The Bertz CT molecular complexity index is 843. The van der Waals surface area contributed by atoms with Crippen LogP contribution in [0.1, 0.15) is 11.1 Å². The maximum absolute atomic E-state index is 11.5. The highest BCUT2D eigenvalue weighted by atomic mass is 16.4. The van der Waals surface area contributed by atoms with Crippen LogP contribution in [0.2, 0.25) is 0 Å². The van der Waals surface area contributed by atoms with Crippen molar-refractivity contribution in [2.75, 3.05) is 0 Å². The van der Waals surface area contributed by atoms with Crippen LogP contribution in [0.25, 0.3) is 32.5 Å². The number of benzene rings is 2. The maximum atomic E-state index is 11.5. The van der Waals surface area contributed by atoms with E-state index < -0.39 is 5.97 Å². The molecule has 0 atom stereocenters. The third-order valence-electron chi connectivity index (χ3n) is 2.93. The Balaban J connectivity index is 2.38. The van der Waals surface area contributed by atoms with Crippen molar-refractivity contribution in [1.82, 2.24) is 0 Å². The summed E-state index contributed by atoms with van der Waals surface area (Å²) >= 11 is 0. The van der Waals surface area contributed by atoms with Crippen molar-refractivity contribution < 1.29 is 9.90 Å². The molecule has 8 heteroatoms. The zero-order valence-electron chi connectivity index (χ0n) is 11.7. The lowest BCUT2D eigenvalue weighted by molar-refractivity contribution is -0.130. The molecule has 0 unspecified atom stereocenters. The number of hydrogen-bond donors (Lipinski definition) is 1. The standard InChI is InChI=1S/C15H10N6O2/c16-20-18-12-5-1-10(2-6-12)9-14(15(22)23)11-3-7-13(8-4-11)19-21-17/h1-9H,(H,22,23)/b14-9-. The van der Waals surface area contributed by atoms with Crippen LogP contribution in [-0.2, 0) is 4.79 Å². The van der Waals surface area contributed by atoms with Crippen molar-refractivity contribution in [1.29, 1.82) is 0 Å². The molecule has 0 amide bonds. The predicted molar refractivity (Wildman–Crippen MR) is 86.0 cm³/mol.